The zero-order valence-corrected chi connectivity index (χ0v) is 25.1. The number of unbranched alkanes of at least 4 members (excludes halogenated alkanes) is 1. The van der Waals surface area contributed by atoms with Gasteiger partial charge < -0.3 is 24.4 Å². The Morgan fingerprint density at radius 2 is 1.60 bits per heavy atom. The third-order valence-corrected chi connectivity index (χ3v) is 7.76. The van der Waals surface area contributed by atoms with Crippen LogP contribution in [0.1, 0.15) is 61.9 Å². The summed E-state index contributed by atoms with van der Waals surface area (Å²) in [6.07, 6.45) is 1.99. The van der Waals surface area contributed by atoms with E-state index in [4.69, 9.17) is 9.47 Å². The van der Waals surface area contributed by atoms with Gasteiger partial charge >= 0.3 is 0 Å². The normalized spacial score (nSPS) is 16.3. The van der Waals surface area contributed by atoms with Crippen LogP contribution in [0.5, 0.6) is 11.5 Å². The summed E-state index contributed by atoms with van der Waals surface area (Å²) in [6.45, 7) is 11.8. The number of ketones is 1. The van der Waals surface area contributed by atoms with E-state index in [-0.39, 0.29) is 11.3 Å². The topological polar surface area (TPSA) is 79.3 Å². The Kier molecular flexibility index (Phi) is 10.8. The molecule has 0 spiro atoms. The zero-order chi connectivity index (χ0) is 30.1. The zero-order valence-electron chi connectivity index (χ0n) is 25.1. The van der Waals surface area contributed by atoms with Gasteiger partial charge in [-0.1, -0.05) is 69.7 Å². The Labute approximate surface area is 249 Å². The molecule has 1 aliphatic rings. The molecule has 0 aromatic heterocycles. The third kappa shape index (κ3) is 7.21. The summed E-state index contributed by atoms with van der Waals surface area (Å²) < 4.78 is 11.8. The van der Waals surface area contributed by atoms with E-state index >= 15 is 0 Å². The molecular weight excluding hydrogens is 528 g/mol. The van der Waals surface area contributed by atoms with Crippen molar-refractivity contribution in [1.29, 1.82) is 0 Å². The first-order valence-electron chi connectivity index (χ1n) is 14.9. The van der Waals surface area contributed by atoms with Crippen molar-refractivity contribution in [2.75, 3.05) is 32.8 Å². The molecule has 1 N–H and O–H groups in total. The number of benzene rings is 3. The van der Waals surface area contributed by atoms with E-state index in [0.29, 0.717) is 43.4 Å². The lowest BCUT2D eigenvalue weighted by Crippen LogP contribution is -2.38. The molecule has 0 radical (unpaired) electrons. The van der Waals surface area contributed by atoms with Crippen LogP contribution in [0.4, 0.5) is 0 Å². The molecular formula is C35H42N2O5. The summed E-state index contributed by atoms with van der Waals surface area (Å²) in [5.74, 6) is -0.0675. The van der Waals surface area contributed by atoms with E-state index in [1.807, 2.05) is 67.6 Å². The molecule has 1 saturated heterocycles. The van der Waals surface area contributed by atoms with Crippen LogP contribution in [0, 0.1) is 6.92 Å². The van der Waals surface area contributed by atoms with Crippen LogP contribution in [0.2, 0.25) is 0 Å². The molecule has 1 unspecified atom stereocenters. The van der Waals surface area contributed by atoms with Gasteiger partial charge in [0.05, 0.1) is 18.2 Å². The Hall–Kier alpha value is -4.10. The SMILES string of the molecule is CCCCOc1ccc(/C(O)=C2\C(=O)C(=O)N(CCN(CC)CC)C2c2ccc(OCc3ccccc3)cc2)c(C)c1. The van der Waals surface area contributed by atoms with E-state index in [2.05, 4.69) is 25.7 Å². The predicted molar refractivity (Wildman–Crippen MR) is 166 cm³/mol. The number of carbonyl (C=O) groups is 2. The number of hydrogen-bond donors (Lipinski definition) is 1. The second kappa shape index (κ2) is 14.7. The fourth-order valence-corrected chi connectivity index (χ4v) is 5.20. The molecule has 4 rings (SSSR count). The van der Waals surface area contributed by atoms with Crippen molar-refractivity contribution in [2.24, 2.45) is 0 Å². The second-order valence-corrected chi connectivity index (χ2v) is 10.5. The number of aliphatic hydroxyl groups excluding tert-OH is 1. The van der Waals surface area contributed by atoms with Crippen molar-refractivity contribution in [2.45, 2.75) is 53.2 Å². The molecule has 1 heterocycles. The summed E-state index contributed by atoms with van der Waals surface area (Å²) in [5, 5.41) is 11.6. The molecule has 1 atom stereocenters. The van der Waals surface area contributed by atoms with Gasteiger partial charge in [0.15, 0.2) is 0 Å². The highest BCUT2D eigenvalue weighted by Crippen LogP contribution is 2.40. The van der Waals surface area contributed by atoms with Gasteiger partial charge in [0.2, 0.25) is 0 Å². The van der Waals surface area contributed by atoms with Crippen LogP contribution >= 0.6 is 0 Å². The van der Waals surface area contributed by atoms with Crippen molar-refractivity contribution >= 4 is 17.4 Å². The number of likely N-dealkylation sites (tertiary alicyclic amines) is 1. The standard InChI is InChI=1S/C35H42N2O5/c1-5-8-22-41-29-18-19-30(25(4)23-29)33(38)31-32(37(35(40)34(31)39)21-20-36(6-2)7-3)27-14-16-28(17-15-27)42-24-26-12-10-9-11-13-26/h9-19,23,32,38H,5-8,20-22,24H2,1-4H3/b33-31+. The lowest BCUT2D eigenvalue weighted by Gasteiger charge is -2.28. The molecule has 1 fully saturated rings. The highest BCUT2D eigenvalue weighted by molar-refractivity contribution is 6.46. The maximum absolute atomic E-state index is 13.5. The van der Waals surface area contributed by atoms with Crippen LogP contribution < -0.4 is 9.47 Å². The van der Waals surface area contributed by atoms with Crippen molar-refractivity contribution < 1.29 is 24.2 Å². The largest absolute Gasteiger partial charge is 0.507 e. The first-order chi connectivity index (χ1) is 20.4. The fraction of sp³-hybridized carbons (Fsp3) is 0.371. The minimum absolute atomic E-state index is 0.0975. The molecule has 0 aliphatic carbocycles. The number of rotatable bonds is 14. The Balaban J connectivity index is 1.67. The van der Waals surface area contributed by atoms with Gasteiger partial charge in [-0.2, -0.15) is 0 Å². The molecule has 7 nitrogen and oxygen atoms in total. The van der Waals surface area contributed by atoms with Gasteiger partial charge in [-0.3, -0.25) is 9.59 Å². The van der Waals surface area contributed by atoms with Crippen molar-refractivity contribution in [1.82, 2.24) is 9.80 Å². The highest BCUT2D eigenvalue weighted by Gasteiger charge is 2.46. The smallest absolute Gasteiger partial charge is 0.295 e. The van der Waals surface area contributed by atoms with E-state index in [0.717, 1.165) is 42.6 Å². The number of ether oxygens (including phenoxy) is 2. The summed E-state index contributed by atoms with van der Waals surface area (Å²) in [7, 11) is 0. The van der Waals surface area contributed by atoms with Crippen LogP contribution in [-0.2, 0) is 16.2 Å². The third-order valence-electron chi connectivity index (χ3n) is 7.76. The van der Waals surface area contributed by atoms with Crippen LogP contribution in [0.15, 0.2) is 78.4 Å². The molecule has 7 heteroatoms. The Morgan fingerprint density at radius 1 is 0.905 bits per heavy atom. The van der Waals surface area contributed by atoms with E-state index < -0.39 is 17.7 Å². The molecule has 222 valence electrons. The van der Waals surface area contributed by atoms with Gasteiger partial charge in [-0.25, -0.2) is 0 Å². The summed E-state index contributed by atoms with van der Waals surface area (Å²) in [5.41, 5.74) is 3.16. The predicted octanol–water partition coefficient (Wildman–Crippen LogP) is 6.52. The number of hydrogen-bond acceptors (Lipinski definition) is 6. The van der Waals surface area contributed by atoms with Crippen LogP contribution in [0.25, 0.3) is 5.76 Å². The van der Waals surface area contributed by atoms with E-state index in [1.54, 1.807) is 17.0 Å². The number of Topliss-reactive ketones (excluding diaryl/α,β-unsaturated/α-hetero) is 1. The molecule has 42 heavy (non-hydrogen) atoms. The average molecular weight is 571 g/mol. The second-order valence-electron chi connectivity index (χ2n) is 10.5. The maximum atomic E-state index is 13.5. The molecule has 0 saturated carbocycles. The molecule has 1 aliphatic heterocycles. The van der Waals surface area contributed by atoms with Crippen LogP contribution in [-0.4, -0.2) is 59.4 Å². The minimum atomic E-state index is -0.719. The number of aryl methyl sites for hydroxylation is 1. The van der Waals surface area contributed by atoms with Gasteiger partial charge in [-0.05, 0) is 73.5 Å². The molecule has 3 aromatic rings. The van der Waals surface area contributed by atoms with Gasteiger partial charge in [0.1, 0.15) is 23.9 Å². The Morgan fingerprint density at radius 3 is 2.24 bits per heavy atom. The first kappa shape index (κ1) is 30.8. The monoisotopic (exact) mass is 570 g/mol. The molecule has 1 amide bonds. The van der Waals surface area contributed by atoms with E-state index in [1.165, 1.54) is 0 Å². The van der Waals surface area contributed by atoms with Crippen molar-refractivity contribution in [3.05, 3.63) is 101 Å². The van der Waals surface area contributed by atoms with Crippen molar-refractivity contribution in [3.8, 4) is 11.5 Å². The number of aliphatic hydroxyl groups is 1. The number of nitrogens with zero attached hydrogens (tertiary/aromatic N) is 2. The summed E-state index contributed by atoms with van der Waals surface area (Å²) in [4.78, 5) is 30.7. The summed E-state index contributed by atoms with van der Waals surface area (Å²) in [6, 6.07) is 22.0. The molecule has 3 aromatic carbocycles. The number of carbonyl (C=O) groups excluding carboxylic acids is 2. The average Bonchev–Trinajstić information content (AvgIpc) is 3.26. The Bertz CT molecular complexity index is 1380. The lowest BCUT2D eigenvalue weighted by molar-refractivity contribution is -0.140. The fourth-order valence-electron chi connectivity index (χ4n) is 5.20. The van der Waals surface area contributed by atoms with Gasteiger partial charge in [0, 0.05) is 18.7 Å². The molecule has 0 bridgehead atoms. The van der Waals surface area contributed by atoms with Gasteiger partial charge in [0.25, 0.3) is 11.7 Å². The maximum Gasteiger partial charge on any atom is 0.295 e. The lowest BCUT2D eigenvalue weighted by atomic mass is 9.94. The quantitative estimate of drug-likeness (QED) is 0.103. The highest BCUT2D eigenvalue weighted by atomic mass is 16.5. The number of likely N-dealkylation sites (N-methyl/N-ethyl adjacent to an activating group) is 1. The van der Waals surface area contributed by atoms with Crippen molar-refractivity contribution in [3.63, 3.8) is 0 Å². The van der Waals surface area contributed by atoms with Gasteiger partial charge in [-0.15, -0.1) is 0 Å². The van der Waals surface area contributed by atoms with E-state index in [9.17, 15) is 14.7 Å². The van der Waals surface area contributed by atoms with Crippen LogP contribution in [0.3, 0.4) is 0 Å². The number of amides is 1. The first-order valence-corrected chi connectivity index (χ1v) is 14.9. The minimum Gasteiger partial charge on any atom is -0.507 e. The summed E-state index contributed by atoms with van der Waals surface area (Å²) >= 11 is 0.